The summed E-state index contributed by atoms with van der Waals surface area (Å²) in [6, 6.07) is -0.593. The third-order valence-electron chi connectivity index (χ3n) is 2.67. The topological polar surface area (TPSA) is 64.8 Å². The number of hydrogen-bond donors (Lipinski definition) is 1. The van der Waals surface area contributed by atoms with Crippen molar-refractivity contribution < 1.29 is 14.3 Å². The van der Waals surface area contributed by atoms with Gasteiger partial charge in [-0.05, 0) is 27.7 Å². The normalized spacial score (nSPS) is 24.5. The van der Waals surface area contributed by atoms with Crippen LogP contribution in [0.15, 0.2) is 0 Å². The number of carbonyl (C=O) groups excluding carboxylic acids is 1. The highest BCUT2D eigenvalue weighted by Crippen LogP contribution is 2.28. The molecule has 0 radical (unpaired) electrons. The number of morpholine rings is 1. The first-order valence-electron chi connectivity index (χ1n) is 5.90. The van der Waals surface area contributed by atoms with Crippen LogP contribution in [0, 0.1) is 0 Å². The summed E-state index contributed by atoms with van der Waals surface area (Å²) in [5.74, 6) is -0.0729. The van der Waals surface area contributed by atoms with Gasteiger partial charge in [0.1, 0.15) is 6.04 Å². The maximum absolute atomic E-state index is 12.1. The first kappa shape index (κ1) is 14.4. The SMILES string of the molecule is COCC(N)C(=O)N1CC(C)(C)OC(C)(C)C1. The van der Waals surface area contributed by atoms with Gasteiger partial charge in [-0.2, -0.15) is 0 Å². The van der Waals surface area contributed by atoms with E-state index in [2.05, 4.69) is 0 Å². The van der Waals surface area contributed by atoms with E-state index < -0.39 is 6.04 Å². The summed E-state index contributed by atoms with van der Waals surface area (Å²) < 4.78 is 10.8. The molecular formula is C12H24N2O3. The van der Waals surface area contributed by atoms with Crippen molar-refractivity contribution in [2.45, 2.75) is 44.9 Å². The first-order valence-corrected chi connectivity index (χ1v) is 5.90. The monoisotopic (exact) mass is 244 g/mol. The largest absolute Gasteiger partial charge is 0.383 e. The second-order valence-electron chi connectivity index (χ2n) is 5.88. The Morgan fingerprint density at radius 3 is 2.24 bits per heavy atom. The number of amides is 1. The summed E-state index contributed by atoms with van der Waals surface area (Å²) in [5.41, 5.74) is 5.09. The van der Waals surface area contributed by atoms with E-state index in [0.29, 0.717) is 13.1 Å². The van der Waals surface area contributed by atoms with Crippen LogP contribution < -0.4 is 5.73 Å². The number of hydrogen-bond acceptors (Lipinski definition) is 4. The van der Waals surface area contributed by atoms with E-state index in [1.54, 1.807) is 12.0 Å². The highest BCUT2D eigenvalue weighted by molar-refractivity contribution is 5.82. The molecule has 1 aliphatic heterocycles. The zero-order valence-electron chi connectivity index (χ0n) is 11.4. The Hall–Kier alpha value is -0.650. The molecule has 2 N–H and O–H groups in total. The van der Waals surface area contributed by atoms with Gasteiger partial charge in [-0.1, -0.05) is 0 Å². The number of ether oxygens (including phenoxy) is 2. The summed E-state index contributed by atoms with van der Waals surface area (Å²) in [7, 11) is 1.54. The summed E-state index contributed by atoms with van der Waals surface area (Å²) >= 11 is 0. The van der Waals surface area contributed by atoms with Gasteiger partial charge in [0.15, 0.2) is 0 Å². The van der Waals surface area contributed by atoms with Crippen LogP contribution in [0.2, 0.25) is 0 Å². The van der Waals surface area contributed by atoms with Crippen molar-refractivity contribution >= 4 is 5.91 Å². The van der Waals surface area contributed by atoms with Crippen molar-refractivity contribution in [1.29, 1.82) is 0 Å². The standard InChI is InChI=1S/C12H24N2O3/c1-11(2)7-14(8-12(3,4)17-11)10(15)9(13)6-16-5/h9H,6-8,13H2,1-5H3. The Morgan fingerprint density at radius 2 is 1.82 bits per heavy atom. The van der Waals surface area contributed by atoms with Gasteiger partial charge in [-0.25, -0.2) is 0 Å². The molecule has 1 aliphatic rings. The van der Waals surface area contributed by atoms with Gasteiger partial charge < -0.3 is 20.1 Å². The van der Waals surface area contributed by atoms with E-state index in [4.69, 9.17) is 15.2 Å². The molecule has 17 heavy (non-hydrogen) atoms. The van der Waals surface area contributed by atoms with Crippen molar-refractivity contribution in [2.75, 3.05) is 26.8 Å². The molecule has 0 aromatic heterocycles. The van der Waals surface area contributed by atoms with E-state index in [-0.39, 0.29) is 23.7 Å². The number of rotatable bonds is 3. The summed E-state index contributed by atoms with van der Waals surface area (Å²) in [6.45, 7) is 9.30. The summed E-state index contributed by atoms with van der Waals surface area (Å²) in [6.07, 6.45) is 0. The van der Waals surface area contributed by atoms with Gasteiger partial charge in [-0.3, -0.25) is 4.79 Å². The van der Waals surface area contributed by atoms with Crippen molar-refractivity contribution in [2.24, 2.45) is 5.73 Å². The third-order valence-corrected chi connectivity index (χ3v) is 2.67. The van der Waals surface area contributed by atoms with Gasteiger partial charge in [0, 0.05) is 20.2 Å². The molecule has 100 valence electrons. The highest BCUT2D eigenvalue weighted by Gasteiger charge is 2.40. The molecule has 1 saturated heterocycles. The van der Waals surface area contributed by atoms with Crippen LogP contribution in [-0.2, 0) is 14.3 Å². The van der Waals surface area contributed by atoms with Gasteiger partial charge in [0.05, 0.1) is 17.8 Å². The fourth-order valence-electron chi connectivity index (χ4n) is 2.43. The second-order valence-corrected chi connectivity index (χ2v) is 5.88. The number of carbonyl (C=O) groups is 1. The maximum Gasteiger partial charge on any atom is 0.242 e. The lowest BCUT2D eigenvalue weighted by Gasteiger charge is -2.47. The van der Waals surface area contributed by atoms with Crippen molar-refractivity contribution in [3.63, 3.8) is 0 Å². The summed E-state index contributed by atoms with van der Waals surface area (Å²) in [4.78, 5) is 13.9. The predicted molar refractivity (Wildman–Crippen MR) is 65.7 cm³/mol. The zero-order valence-corrected chi connectivity index (χ0v) is 11.4. The van der Waals surface area contributed by atoms with Crippen molar-refractivity contribution in [3.8, 4) is 0 Å². The molecule has 5 heteroatoms. The minimum atomic E-state index is -0.593. The second kappa shape index (κ2) is 4.92. The van der Waals surface area contributed by atoms with Crippen LogP contribution in [0.25, 0.3) is 0 Å². The predicted octanol–water partition coefficient (Wildman–Crippen LogP) is 0.376. The Labute approximate surface area is 103 Å². The van der Waals surface area contributed by atoms with Gasteiger partial charge in [0.25, 0.3) is 0 Å². The quantitative estimate of drug-likeness (QED) is 0.779. The summed E-state index contributed by atoms with van der Waals surface area (Å²) in [5, 5.41) is 0. The molecule has 1 amide bonds. The molecular weight excluding hydrogens is 220 g/mol. The highest BCUT2D eigenvalue weighted by atomic mass is 16.5. The Bertz CT molecular complexity index is 273. The molecule has 0 aromatic carbocycles. The first-order chi connectivity index (χ1) is 7.67. The molecule has 0 aromatic rings. The zero-order chi connectivity index (χ0) is 13.3. The molecule has 0 bridgehead atoms. The molecule has 5 nitrogen and oxygen atoms in total. The molecule has 0 spiro atoms. The fraction of sp³-hybridized carbons (Fsp3) is 0.917. The minimum Gasteiger partial charge on any atom is -0.383 e. The fourth-order valence-corrected chi connectivity index (χ4v) is 2.43. The molecule has 0 saturated carbocycles. The molecule has 1 atom stereocenters. The lowest BCUT2D eigenvalue weighted by atomic mass is 9.98. The van der Waals surface area contributed by atoms with Crippen molar-refractivity contribution in [3.05, 3.63) is 0 Å². The number of nitrogens with zero attached hydrogens (tertiary/aromatic N) is 1. The maximum atomic E-state index is 12.1. The Balaban J connectivity index is 2.74. The third kappa shape index (κ3) is 3.94. The average Bonchev–Trinajstić information content (AvgIpc) is 2.12. The Morgan fingerprint density at radius 1 is 1.35 bits per heavy atom. The lowest BCUT2D eigenvalue weighted by molar-refractivity contribution is -0.189. The number of methoxy groups -OCH3 is 1. The van der Waals surface area contributed by atoms with Crippen LogP contribution >= 0.6 is 0 Å². The van der Waals surface area contributed by atoms with Gasteiger partial charge >= 0.3 is 0 Å². The molecule has 1 unspecified atom stereocenters. The molecule has 1 fully saturated rings. The van der Waals surface area contributed by atoms with Crippen LogP contribution in [0.3, 0.4) is 0 Å². The van der Waals surface area contributed by atoms with E-state index in [9.17, 15) is 4.79 Å². The van der Waals surface area contributed by atoms with Crippen LogP contribution in [-0.4, -0.2) is 54.9 Å². The lowest BCUT2D eigenvalue weighted by Crippen LogP contribution is -2.61. The molecule has 0 aliphatic carbocycles. The van der Waals surface area contributed by atoms with Crippen LogP contribution in [0.1, 0.15) is 27.7 Å². The van der Waals surface area contributed by atoms with E-state index in [1.165, 1.54) is 0 Å². The van der Waals surface area contributed by atoms with Crippen molar-refractivity contribution in [1.82, 2.24) is 4.90 Å². The molecule has 1 heterocycles. The van der Waals surface area contributed by atoms with E-state index in [1.807, 2.05) is 27.7 Å². The minimum absolute atomic E-state index is 0.0729. The smallest absolute Gasteiger partial charge is 0.242 e. The van der Waals surface area contributed by atoms with Gasteiger partial charge in [0.2, 0.25) is 5.91 Å². The number of nitrogens with two attached hydrogens (primary N) is 1. The van der Waals surface area contributed by atoms with E-state index >= 15 is 0 Å². The van der Waals surface area contributed by atoms with Crippen LogP contribution in [0.5, 0.6) is 0 Å². The molecule has 1 rings (SSSR count). The van der Waals surface area contributed by atoms with E-state index in [0.717, 1.165) is 0 Å². The average molecular weight is 244 g/mol. The van der Waals surface area contributed by atoms with Gasteiger partial charge in [-0.15, -0.1) is 0 Å². The van der Waals surface area contributed by atoms with Crippen LogP contribution in [0.4, 0.5) is 0 Å². The Kier molecular flexibility index (Phi) is 4.17.